The third-order valence-electron chi connectivity index (χ3n) is 5.59. The van der Waals surface area contributed by atoms with E-state index < -0.39 is 17.5 Å². The Hall–Kier alpha value is -2.35. The summed E-state index contributed by atoms with van der Waals surface area (Å²) < 4.78 is 10.3. The third-order valence-corrected chi connectivity index (χ3v) is 7.05. The summed E-state index contributed by atoms with van der Waals surface area (Å²) in [5.74, 6) is -0.764. The van der Waals surface area contributed by atoms with Gasteiger partial charge in [-0.15, -0.1) is 11.8 Å². The van der Waals surface area contributed by atoms with Crippen LogP contribution in [0.4, 0.5) is 5.69 Å². The van der Waals surface area contributed by atoms with Crippen LogP contribution in [-0.2, 0) is 25.6 Å². The van der Waals surface area contributed by atoms with Crippen molar-refractivity contribution in [1.82, 2.24) is 5.32 Å². The van der Waals surface area contributed by atoms with Crippen molar-refractivity contribution >= 4 is 29.3 Å². The fraction of sp³-hybridized carbons (Fsp3) is 0.417. The van der Waals surface area contributed by atoms with Crippen LogP contribution in [0.1, 0.15) is 23.6 Å². The zero-order valence-corrected chi connectivity index (χ0v) is 19.5. The topological polar surface area (TPSA) is 67.9 Å². The van der Waals surface area contributed by atoms with Crippen molar-refractivity contribution in [2.75, 3.05) is 25.7 Å². The Morgan fingerprint density at radius 1 is 1.16 bits per heavy atom. The van der Waals surface area contributed by atoms with E-state index in [2.05, 4.69) is 30.4 Å². The molecule has 0 aromatic heterocycles. The van der Waals surface area contributed by atoms with Gasteiger partial charge in [0.05, 0.1) is 24.7 Å². The first-order chi connectivity index (χ1) is 14.8. The molecule has 1 heterocycles. The third kappa shape index (κ3) is 5.29. The zero-order valence-electron chi connectivity index (χ0n) is 18.7. The number of thioether (sulfide) groups is 1. The second-order valence-electron chi connectivity index (χ2n) is 7.80. The molecule has 0 fully saturated rings. The molecule has 0 bridgehead atoms. The number of ether oxygens (including phenoxy) is 2. The van der Waals surface area contributed by atoms with Crippen LogP contribution in [0, 0.1) is 19.8 Å². The molecule has 0 spiro atoms. The van der Waals surface area contributed by atoms with Crippen molar-refractivity contribution in [3.63, 3.8) is 0 Å². The second kappa shape index (κ2) is 10.3. The van der Waals surface area contributed by atoms with Gasteiger partial charge in [0.25, 0.3) is 0 Å². The van der Waals surface area contributed by atoms with Gasteiger partial charge in [0.1, 0.15) is 5.25 Å². The van der Waals surface area contributed by atoms with Crippen LogP contribution < -0.4 is 10.2 Å². The number of para-hydroxylation sites is 1. The Labute approximate surface area is 188 Å². The lowest BCUT2D eigenvalue weighted by Gasteiger charge is -2.36. The molecule has 0 saturated heterocycles. The molecule has 3 rings (SSSR count). The standard InChI is InChI=1S/C24H30N2O4S/c1-15-10-11-16(2)18(12-15)14-26-19-8-6-7-9-20(19)31-22(24(26)28)17(3)23(27)25-13-21(29-4)30-5/h6-12,17,21-22H,13-14H2,1-5H3,(H,25,27)/t17-,22-/m0/s1. The minimum absolute atomic E-state index is 0.0534. The molecule has 0 unspecified atom stereocenters. The number of anilines is 1. The van der Waals surface area contributed by atoms with Crippen molar-refractivity contribution in [2.45, 2.75) is 43.8 Å². The number of hydrogen-bond acceptors (Lipinski definition) is 5. The molecule has 166 valence electrons. The van der Waals surface area contributed by atoms with Gasteiger partial charge < -0.3 is 19.7 Å². The van der Waals surface area contributed by atoms with Gasteiger partial charge in [0, 0.05) is 19.1 Å². The van der Waals surface area contributed by atoms with Gasteiger partial charge in [-0.2, -0.15) is 0 Å². The smallest absolute Gasteiger partial charge is 0.241 e. The number of fused-ring (bicyclic) bond motifs is 1. The number of carbonyl (C=O) groups excluding carboxylic acids is 2. The molecule has 2 amide bonds. The highest BCUT2D eigenvalue weighted by Crippen LogP contribution is 2.42. The molecule has 2 atom stereocenters. The average Bonchev–Trinajstić information content (AvgIpc) is 2.77. The minimum Gasteiger partial charge on any atom is -0.354 e. The number of rotatable bonds is 8. The molecule has 6 nitrogen and oxygen atoms in total. The lowest BCUT2D eigenvalue weighted by atomic mass is 10.0. The quantitative estimate of drug-likeness (QED) is 0.632. The molecule has 7 heteroatoms. The van der Waals surface area contributed by atoms with Crippen LogP contribution in [0.2, 0.25) is 0 Å². The number of nitrogens with zero attached hydrogens (tertiary/aromatic N) is 1. The van der Waals surface area contributed by atoms with Gasteiger partial charge in [-0.3, -0.25) is 9.59 Å². The van der Waals surface area contributed by atoms with E-state index in [1.165, 1.54) is 26.0 Å². The Morgan fingerprint density at radius 3 is 2.58 bits per heavy atom. The summed E-state index contributed by atoms with van der Waals surface area (Å²) in [6.45, 7) is 6.60. The molecule has 2 aromatic carbocycles. The normalized spacial score (nSPS) is 16.9. The Bertz CT molecular complexity index is 945. The van der Waals surface area contributed by atoms with Gasteiger partial charge in [0.2, 0.25) is 11.8 Å². The maximum Gasteiger partial charge on any atom is 0.241 e. The van der Waals surface area contributed by atoms with Crippen LogP contribution in [0.25, 0.3) is 0 Å². The van der Waals surface area contributed by atoms with Crippen molar-refractivity contribution in [2.24, 2.45) is 5.92 Å². The second-order valence-corrected chi connectivity index (χ2v) is 8.98. The predicted molar refractivity (Wildman–Crippen MR) is 123 cm³/mol. The molecule has 0 saturated carbocycles. The lowest BCUT2D eigenvalue weighted by Crippen LogP contribution is -2.48. The van der Waals surface area contributed by atoms with E-state index in [0.29, 0.717) is 6.54 Å². The molecular formula is C24H30N2O4S. The van der Waals surface area contributed by atoms with E-state index in [9.17, 15) is 9.59 Å². The summed E-state index contributed by atoms with van der Waals surface area (Å²) in [7, 11) is 3.04. The van der Waals surface area contributed by atoms with Gasteiger partial charge >= 0.3 is 0 Å². The number of methoxy groups -OCH3 is 2. The van der Waals surface area contributed by atoms with Crippen molar-refractivity contribution < 1.29 is 19.1 Å². The number of carbonyl (C=O) groups is 2. The Morgan fingerprint density at radius 2 is 1.87 bits per heavy atom. The molecule has 1 N–H and O–H groups in total. The van der Waals surface area contributed by atoms with Crippen LogP contribution in [0.3, 0.4) is 0 Å². The largest absolute Gasteiger partial charge is 0.354 e. The Balaban J connectivity index is 1.84. The fourth-order valence-electron chi connectivity index (χ4n) is 3.60. The van der Waals surface area contributed by atoms with E-state index >= 15 is 0 Å². The molecule has 2 aromatic rings. The lowest BCUT2D eigenvalue weighted by molar-refractivity contribution is -0.132. The summed E-state index contributed by atoms with van der Waals surface area (Å²) in [6, 6.07) is 14.1. The van der Waals surface area contributed by atoms with E-state index in [-0.39, 0.29) is 18.4 Å². The highest BCUT2D eigenvalue weighted by atomic mass is 32.2. The maximum absolute atomic E-state index is 13.6. The van der Waals surface area contributed by atoms with Crippen LogP contribution in [0.5, 0.6) is 0 Å². The minimum atomic E-state index is -0.521. The van der Waals surface area contributed by atoms with E-state index in [1.807, 2.05) is 36.1 Å². The number of amides is 2. The molecule has 0 radical (unpaired) electrons. The molecular weight excluding hydrogens is 412 g/mol. The summed E-state index contributed by atoms with van der Waals surface area (Å²) >= 11 is 1.45. The predicted octanol–water partition coefficient (Wildman–Crippen LogP) is 3.68. The van der Waals surface area contributed by atoms with Crippen LogP contribution in [0.15, 0.2) is 47.4 Å². The monoisotopic (exact) mass is 442 g/mol. The van der Waals surface area contributed by atoms with Gasteiger partial charge in [-0.25, -0.2) is 0 Å². The molecule has 1 aliphatic rings. The zero-order chi connectivity index (χ0) is 22.5. The summed E-state index contributed by atoms with van der Waals surface area (Å²) in [4.78, 5) is 29.2. The summed E-state index contributed by atoms with van der Waals surface area (Å²) in [5, 5.41) is 2.32. The summed E-state index contributed by atoms with van der Waals surface area (Å²) in [6.07, 6.45) is -0.521. The highest BCUT2D eigenvalue weighted by molar-refractivity contribution is 8.01. The summed E-state index contributed by atoms with van der Waals surface area (Å²) in [5.41, 5.74) is 4.29. The van der Waals surface area contributed by atoms with E-state index in [1.54, 1.807) is 6.92 Å². The van der Waals surface area contributed by atoms with Gasteiger partial charge in [0.15, 0.2) is 6.29 Å². The van der Waals surface area contributed by atoms with Gasteiger partial charge in [-0.05, 0) is 37.1 Å². The number of benzene rings is 2. The maximum atomic E-state index is 13.6. The number of nitrogens with one attached hydrogen (secondary N) is 1. The molecule has 1 aliphatic heterocycles. The average molecular weight is 443 g/mol. The number of aryl methyl sites for hydroxylation is 2. The first-order valence-corrected chi connectivity index (χ1v) is 11.2. The van der Waals surface area contributed by atoms with Crippen molar-refractivity contribution in [1.29, 1.82) is 0 Å². The molecule has 0 aliphatic carbocycles. The number of hydrogen-bond donors (Lipinski definition) is 1. The van der Waals surface area contributed by atoms with Gasteiger partial charge in [-0.1, -0.05) is 42.8 Å². The van der Waals surface area contributed by atoms with Crippen molar-refractivity contribution in [3.8, 4) is 0 Å². The SMILES string of the molecule is COC(CNC(=O)[C@@H](C)[C@@H]1Sc2ccccc2N(Cc2cc(C)ccc2C)C1=O)OC. The van der Waals surface area contributed by atoms with E-state index in [4.69, 9.17) is 9.47 Å². The van der Waals surface area contributed by atoms with Crippen LogP contribution >= 0.6 is 11.8 Å². The fourth-order valence-corrected chi connectivity index (χ4v) is 4.89. The van der Waals surface area contributed by atoms with Crippen molar-refractivity contribution in [3.05, 3.63) is 59.2 Å². The first-order valence-electron chi connectivity index (χ1n) is 10.3. The Kier molecular flexibility index (Phi) is 7.75. The highest BCUT2D eigenvalue weighted by Gasteiger charge is 2.39. The first kappa shape index (κ1) is 23.3. The van der Waals surface area contributed by atoms with E-state index in [0.717, 1.165) is 27.3 Å². The molecule has 31 heavy (non-hydrogen) atoms. The van der Waals surface area contributed by atoms with Crippen LogP contribution in [-0.4, -0.2) is 44.1 Å².